The summed E-state index contributed by atoms with van der Waals surface area (Å²) < 4.78 is 16.4. The zero-order chi connectivity index (χ0) is 28.1. The average Bonchev–Trinajstić information content (AvgIpc) is 3.37. The van der Waals surface area contributed by atoms with Crippen molar-refractivity contribution < 1.29 is 33.5 Å². The second-order valence-electron chi connectivity index (χ2n) is 8.77. The van der Waals surface area contributed by atoms with E-state index < -0.39 is 16.9 Å². The molecule has 0 amide bonds. The average molecular weight is 537 g/mol. The minimum atomic E-state index is -0.856. The van der Waals surface area contributed by atoms with Gasteiger partial charge in [-0.15, -0.1) is 0 Å². The number of methoxy groups -OCH3 is 2. The van der Waals surface area contributed by atoms with Crippen LogP contribution in [0.1, 0.15) is 40.6 Å². The predicted octanol–water partition coefficient (Wildman–Crippen LogP) is 3.80. The van der Waals surface area contributed by atoms with E-state index in [2.05, 4.69) is 5.10 Å². The van der Waals surface area contributed by atoms with Crippen molar-refractivity contribution in [3.63, 3.8) is 0 Å². The number of hydrogen-bond acceptors (Lipinski definition) is 10. The van der Waals surface area contributed by atoms with Gasteiger partial charge in [-0.25, -0.2) is 14.3 Å². The fourth-order valence-corrected chi connectivity index (χ4v) is 4.66. The maximum atomic E-state index is 13.1. The van der Waals surface area contributed by atoms with Gasteiger partial charge in [-0.1, -0.05) is 18.2 Å². The quantitative estimate of drug-likeness (QED) is 0.180. The highest BCUT2D eigenvalue weighted by atomic mass is 16.6. The third-order valence-corrected chi connectivity index (χ3v) is 6.56. The van der Waals surface area contributed by atoms with E-state index in [1.165, 1.54) is 31.0 Å². The van der Waals surface area contributed by atoms with E-state index in [9.17, 15) is 24.5 Å². The second-order valence-corrected chi connectivity index (χ2v) is 8.77. The van der Waals surface area contributed by atoms with Crippen LogP contribution < -0.4 is 4.90 Å². The lowest BCUT2D eigenvalue weighted by molar-refractivity contribution is -0.384. The summed E-state index contributed by atoms with van der Waals surface area (Å²) in [6.07, 6.45) is 1.04. The van der Waals surface area contributed by atoms with Crippen molar-refractivity contribution in [1.82, 2.24) is 9.78 Å². The van der Waals surface area contributed by atoms with E-state index >= 15 is 0 Å². The first-order valence-electron chi connectivity index (χ1n) is 12.4. The number of nitrogens with zero attached hydrogens (tertiary/aromatic N) is 4. The summed E-state index contributed by atoms with van der Waals surface area (Å²) in [5.41, 5.74) is 0.732. The van der Waals surface area contributed by atoms with Crippen LogP contribution in [-0.4, -0.2) is 66.5 Å². The Labute approximate surface area is 224 Å². The normalized spacial score (nSPS) is 13.6. The van der Waals surface area contributed by atoms with Crippen LogP contribution in [-0.2, 0) is 19.0 Å². The van der Waals surface area contributed by atoms with E-state index in [1.807, 2.05) is 4.90 Å². The first kappa shape index (κ1) is 27.3. The van der Waals surface area contributed by atoms with Crippen LogP contribution in [0.4, 0.5) is 11.4 Å². The molecule has 3 aromatic rings. The summed E-state index contributed by atoms with van der Waals surface area (Å²) in [6, 6.07) is 12.9. The Morgan fingerprint density at radius 3 is 2.28 bits per heavy atom. The van der Waals surface area contributed by atoms with Crippen molar-refractivity contribution in [2.45, 2.75) is 19.8 Å². The molecular formula is C27H28N4O8. The van der Waals surface area contributed by atoms with Crippen LogP contribution in [0.25, 0.3) is 16.9 Å². The predicted molar refractivity (Wildman–Crippen MR) is 140 cm³/mol. The minimum absolute atomic E-state index is 0.0253. The number of nitro groups is 1. The molecule has 1 aromatic heterocycles. The number of aromatic nitrogens is 2. The number of non-ortho nitro benzene ring substituents is 1. The molecule has 0 radical (unpaired) electrons. The number of carbonyl (C=O) groups is 3. The molecule has 12 nitrogen and oxygen atoms in total. The molecule has 204 valence electrons. The molecule has 1 saturated heterocycles. The van der Waals surface area contributed by atoms with E-state index in [0.29, 0.717) is 43.9 Å². The molecule has 0 unspecified atom stereocenters. The largest absolute Gasteiger partial charge is 0.466 e. The van der Waals surface area contributed by atoms with Crippen LogP contribution in [0.5, 0.6) is 0 Å². The molecule has 0 atom stereocenters. The molecule has 2 heterocycles. The van der Waals surface area contributed by atoms with Crippen molar-refractivity contribution in [3.05, 3.63) is 69.9 Å². The minimum Gasteiger partial charge on any atom is -0.466 e. The number of nitro benzene ring substituents is 1. The molecule has 0 N–H and O–H groups in total. The van der Waals surface area contributed by atoms with Crippen LogP contribution >= 0.6 is 0 Å². The monoisotopic (exact) mass is 536 g/mol. The Bertz CT molecular complexity index is 1390. The van der Waals surface area contributed by atoms with Gasteiger partial charge in [0.2, 0.25) is 0 Å². The third kappa shape index (κ3) is 5.44. The van der Waals surface area contributed by atoms with Gasteiger partial charge in [-0.05, 0) is 38.0 Å². The number of rotatable bonds is 8. The maximum absolute atomic E-state index is 13.1. The zero-order valence-corrected chi connectivity index (χ0v) is 21.8. The van der Waals surface area contributed by atoms with Crippen molar-refractivity contribution in [3.8, 4) is 16.9 Å². The number of anilines is 1. The maximum Gasteiger partial charge on any atom is 0.357 e. The van der Waals surface area contributed by atoms with Crippen LogP contribution in [0.3, 0.4) is 0 Å². The van der Waals surface area contributed by atoms with Gasteiger partial charge in [-0.3, -0.25) is 14.9 Å². The lowest BCUT2D eigenvalue weighted by atomic mass is 9.95. The van der Waals surface area contributed by atoms with Gasteiger partial charge in [0.15, 0.2) is 5.69 Å². The van der Waals surface area contributed by atoms with Gasteiger partial charge in [0, 0.05) is 36.5 Å². The lowest BCUT2D eigenvalue weighted by Gasteiger charge is -2.33. The Morgan fingerprint density at radius 1 is 1.03 bits per heavy atom. The van der Waals surface area contributed by atoms with Gasteiger partial charge in [0.25, 0.3) is 5.69 Å². The summed E-state index contributed by atoms with van der Waals surface area (Å²) in [7, 11) is 2.35. The fourth-order valence-electron chi connectivity index (χ4n) is 4.66. The molecule has 1 aliphatic heterocycles. The number of para-hydroxylation sites is 1. The number of piperidine rings is 1. The van der Waals surface area contributed by atoms with Crippen molar-refractivity contribution in [1.29, 1.82) is 0 Å². The Balaban J connectivity index is 1.91. The molecule has 1 aliphatic rings. The molecule has 1 fully saturated rings. The van der Waals surface area contributed by atoms with Gasteiger partial charge in [0.05, 0.1) is 37.4 Å². The molecule has 0 bridgehead atoms. The Kier molecular flexibility index (Phi) is 8.23. The smallest absolute Gasteiger partial charge is 0.357 e. The fraction of sp³-hybridized carbons (Fsp3) is 0.333. The first-order chi connectivity index (χ1) is 18.8. The molecule has 0 spiro atoms. The van der Waals surface area contributed by atoms with Crippen molar-refractivity contribution in [2.75, 3.05) is 38.8 Å². The van der Waals surface area contributed by atoms with Gasteiger partial charge >= 0.3 is 17.9 Å². The van der Waals surface area contributed by atoms with Crippen LogP contribution in [0, 0.1) is 16.0 Å². The van der Waals surface area contributed by atoms with Crippen molar-refractivity contribution in [2.24, 2.45) is 5.92 Å². The summed E-state index contributed by atoms with van der Waals surface area (Å²) in [4.78, 5) is 51.4. The summed E-state index contributed by atoms with van der Waals surface area (Å²) in [5, 5.41) is 16.3. The number of benzene rings is 2. The highest BCUT2D eigenvalue weighted by Gasteiger charge is 2.34. The molecule has 2 aromatic carbocycles. The summed E-state index contributed by atoms with van der Waals surface area (Å²) >= 11 is 0. The number of hydrogen-bond donors (Lipinski definition) is 0. The third-order valence-electron chi connectivity index (χ3n) is 6.56. The van der Waals surface area contributed by atoms with Gasteiger partial charge < -0.3 is 19.1 Å². The van der Waals surface area contributed by atoms with Crippen molar-refractivity contribution >= 4 is 29.3 Å². The number of ether oxygens (including phenoxy) is 3. The zero-order valence-electron chi connectivity index (χ0n) is 21.8. The topological polar surface area (TPSA) is 143 Å². The molecule has 12 heteroatoms. The van der Waals surface area contributed by atoms with Gasteiger partial charge in [0.1, 0.15) is 11.3 Å². The number of carbonyl (C=O) groups excluding carboxylic acids is 3. The molecule has 4 rings (SSSR count). The molecule has 0 saturated carbocycles. The Morgan fingerprint density at radius 2 is 1.69 bits per heavy atom. The van der Waals surface area contributed by atoms with Crippen LogP contribution in [0.2, 0.25) is 0 Å². The molecular weight excluding hydrogens is 508 g/mol. The van der Waals surface area contributed by atoms with E-state index in [4.69, 9.17) is 14.2 Å². The highest BCUT2D eigenvalue weighted by Crippen LogP contribution is 2.39. The Hall–Kier alpha value is -4.74. The molecule has 0 aliphatic carbocycles. The second kappa shape index (κ2) is 11.8. The van der Waals surface area contributed by atoms with Gasteiger partial charge in [-0.2, -0.15) is 5.10 Å². The van der Waals surface area contributed by atoms with E-state index in [1.54, 1.807) is 43.3 Å². The standard InChI is InChI=1S/C27H28N4O8/c1-4-39-25(32)17-12-14-29(15-13-17)21-11-10-19(31(35)36)16-20(21)23-22(26(33)37-2)24(27(34)38-3)30(28-23)18-8-6-5-7-9-18/h5-11,16-17H,4,12-15H2,1-3H3. The number of esters is 3. The lowest BCUT2D eigenvalue weighted by Crippen LogP contribution is -2.37. The molecule has 39 heavy (non-hydrogen) atoms. The van der Waals surface area contributed by atoms with E-state index in [-0.39, 0.29) is 40.1 Å². The SMILES string of the molecule is CCOC(=O)C1CCN(c2ccc([N+](=O)[O-])cc2-c2nn(-c3ccccc3)c(C(=O)OC)c2C(=O)OC)CC1. The summed E-state index contributed by atoms with van der Waals surface area (Å²) in [6.45, 7) is 2.98. The first-order valence-corrected chi connectivity index (χ1v) is 12.4. The van der Waals surface area contributed by atoms with Crippen LogP contribution in [0.15, 0.2) is 48.5 Å². The highest BCUT2D eigenvalue weighted by molar-refractivity contribution is 6.07. The summed E-state index contributed by atoms with van der Waals surface area (Å²) in [5.74, 6) is -2.19. The van der Waals surface area contributed by atoms with E-state index in [0.717, 1.165) is 0 Å².